The monoisotopic (exact) mass is 328 g/mol. The predicted molar refractivity (Wildman–Crippen MR) is 75.3 cm³/mol. The van der Waals surface area contributed by atoms with Crippen molar-refractivity contribution in [2.75, 3.05) is 13.1 Å². The SMILES string of the molecule is N#Cc1ccc(Cl)cc1S(=O)(=O)N1CCC(C(=O)O)CC1. The summed E-state index contributed by atoms with van der Waals surface area (Å²) < 4.78 is 26.3. The maximum absolute atomic E-state index is 12.6. The van der Waals surface area contributed by atoms with Crippen LogP contribution in [0.2, 0.25) is 5.02 Å². The number of hydrogen-bond donors (Lipinski definition) is 1. The van der Waals surface area contributed by atoms with E-state index in [4.69, 9.17) is 22.0 Å². The van der Waals surface area contributed by atoms with Crippen LogP contribution in [0.15, 0.2) is 23.1 Å². The molecular weight excluding hydrogens is 316 g/mol. The normalized spacial score (nSPS) is 17.3. The molecule has 1 aliphatic heterocycles. The molecule has 0 aromatic heterocycles. The van der Waals surface area contributed by atoms with Crippen molar-refractivity contribution in [2.24, 2.45) is 5.92 Å². The molecule has 112 valence electrons. The fourth-order valence-electron chi connectivity index (χ4n) is 2.28. The lowest BCUT2D eigenvalue weighted by molar-refractivity contribution is -0.142. The number of benzene rings is 1. The second-order valence-corrected chi connectivity index (χ2v) is 7.11. The summed E-state index contributed by atoms with van der Waals surface area (Å²) in [6.45, 7) is 0.243. The summed E-state index contributed by atoms with van der Waals surface area (Å²) in [6, 6.07) is 5.90. The van der Waals surface area contributed by atoms with Crippen LogP contribution in [0.3, 0.4) is 0 Å². The minimum absolute atomic E-state index is 0.0276. The van der Waals surface area contributed by atoms with E-state index in [-0.39, 0.29) is 41.4 Å². The highest BCUT2D eigenvalue weighted by Crippen LogP contribution is 2.27. The van der Waals surface area contributed by atoms with E-state index in [2.05, 4.69) is 0 Å². The number of aliphatic carboxylic acids is 1. The molecule has 1 aromatic rings. The molecule has 1 aliphatic rings. The third-order valence-electron chi connectivity index (χ3n) is 3.49. The third-order valence-corrected chi connectivity index (χ3v) is 5.66. The lowest BCUT2D eigenvalue weighted by atomic mass is 9.99. The largest absolute Gasteiger partial charge is 0.481 e. The highest BCUT2D eigenvalue weighted by Gasteiger charge is 2.33. The van der Waals surface area contributed by atoms with Gasteiger partial charge in [-0.15, -0.1) is 0 Å². The molecule has 0 radical (unpaired) electrons. The lowest BCUT2D eigenvalue weighted by Gasteiger charge is -2.29. The topological polar surface area (TPSA) is 98.5 Å². The van der Waals surface area contributed by atoms with Gasteiger partial charge in [0.25, 0.3) is 0 Å². The molecule has 1 N–H and O–H groups in total. The summed E-state index contributed by atoms with van der Waals surface area (Å²) >= 11 is 5.81. The summed E-state index contributed by atoms with van der Waals surface area (Å²) in [5, 5.41) is 18.2. The van der Waals surface area contributed by atoms with Crippen LogP contribution in [0.25, 0.3) is 0 Å². The minimum atomic E-state index is -3.84. The Bertz CT molecular complexity index is 703. The molecule has 1 aromatic carbocycles. The average molecular weight is 329 g/mol. The van der Waals surface area contributed by atoms with E-state index in [1.165, 1.54) is 22.5 Å². The first kappa shape index (κ1) is 15.8. The van der Waals surface area contributed by atoms with Crippen LogP contribution >= 0.6 is 11.6 Å². The standard InChI is InChI=1S/C13H13ClN2O4S/c14-11-2-1-10(8-15)12(7-11)21(19,20)16-5-3-9(4-6-16)13(17)18/h1-2,7,9H,3-6H2,(H,17,18). The Morgan fingerprint density at radius 1 is 1.38 bits per heavy atom. The molecule has 1 fully saturated rings. The van der Waals surface area contributed by atoms with Crippen molar-refractivity contribution in [1.29, 1.82) is 5.26 Å². The van der Waals surface area contributed by atoms with Crippen LogP contribution in [-0.2, 0) is 14.8 Å². The van der Waals surface area contributed by atoms with Crippen LogP contribution in [0.4, 0.5) is 0 Å². The lowest BCUT2D eigenvalue weighted by Crippen LogP contribution is -2.40. The van der Waals surface area contributed by atoms with E-state index in [1.54, 1.807) is 0 Å². The Morgan fingerprint density at radius 3 is 2.52 bits per heavy atom. The molecule has 0 unspecified atom stereocenters. The summed E-state index contributed by atoms with van der Waals surface area (Å²) in [5.74, 6) is -1.43. The summed E-state index contributed by atoms with van der Waals surface area (Å²) in [7, 11) is -3.84. The van der Waals surface area contributed by atoms with Crippen molar-refractivity contribution in [3.05, 3.63) is 28.8 Å². The van der Waals surface area contributed by atoms with Gasteiger partial charge in [0.15, 0.2) is 0 Å². The number of piperidine rings is 1. The fourth-order valence-corrected chi connectivity index (χ4v) is 4.16. The number of sulfonamides is 1. The first-order valence-electron chi connectivity index (χ1n) is 6.29. The van der Waals surface area contributed by atoms with Gasteiger partial charge in [-0.05, 0) is 31.0 Å². The number of hydrogen-bond acceptors (Lipinski definition) is 4. The van der Waals surface area contributed by atoms with Crippen LogP contribution in [0.5, 0.6) is 0 Å². The Morgan fingerprint density at radius 2 is 2.00 bits per heavy atom. The highest BCUT2D eigenvalue weighted by molar-refractivity contribution is 7.89. The number of nitriles is 1. The Hall–Kier alpha value is -1.62. The van der Waals surface area contributed by atoms with Gasteiger partial charge in [-0.3, -0.25) is 4.79 Å². The number of nitrogens with zero attached hydrogens (tertiary/aromatic N) is 2. The van der Waals surface area contributed by atoms with Crippen LogP contribution < -0.4 is 0 Å². The van der Waals surface area contributed by atoms with Gasteiger partial charge in [-0.2, -0.15) is 9.57 Å². The quantitative estimate of drug-likeness (QED) is 0.910. The van der Waals surface area contributed by atoms with E-state index >= 15 is 0 Å². The second kappa shape index (κ2) is 6.02. The molecule has 21 heavy (non-hydrogen) atoms. The van der Waals surface area contributed by atoms with Crippen LogP contribution in [-0.4, -0.2) is 36.9 Å². The smallest absolute Gasteiger partial charge is 0.306 e. The number of carboxylic acids is 1. The van der Waals surface area contributed by atoms with Crippen molar-refractivity contribution in [1.82, 2.24) is 4.31 Å². The highest BCUT2D eigenvalue weighted by atomic mass is 35.5. The molecule has 1 heterocycles. The van der Waals surface area contributed by atoms with E-state index < -0.39 is 21.9 Å². The van der Waals surface area contributed by atoms with Gasteiger partial charge >= 0.3 is 5.97 Å². The van der Waals surface area contributed by atoms with Gasteiger partial charge in [0.1, 0.15) is 11.0 Å². The van der Waals surface area contributed by atoms with Gasteiger partial charge in [0.05, 0.1) is 11.5 Å². The fraction of sp³-hybridized carbons (Fsp3) is 0.385. The molecule has 6 nitrogen and oxygen atoms in total. The number of rotatable bonds is 3. The van der Waals surface area contributed by atoms with Crippen molar-refractivity contribution in [2.45, 2.75) is 17.7 Å². The maximum atomic E-state index is 12.6. The zero-order valence-corrected chi connectivity index (χ0v) is 12.6. The average Bonchev–Trinajstić information content (AvgIpc) is 2.47. The molecule has 2 rings (SSSR count). The van der Waals surface area contributed by atoms with Gasteiger partial charge < -0.3 is 5.11 Å². The molecule has 0 bridgehead atoms. The van der Waals surface area contributed by atoms with Crippen LogP contribution in [0.1, 0.15) is 18.4 Å². The Balaban J connectivity index is 2.30. The molecule has 1 saturated heterocycles. The molecular formula is C13H13ClN2O4S. The zero-order chi connectivity index (χ0) is 15.6. The van der Waals surface area contributed by atoms with E-state index in [0.717, 1.165) is 0 Å². The van der Waals surface area contributed by atoms with Gasteiger partial charge in [-0.25, -0.2) is 8.42 Å². The van der Waals surface area contributed by atoms with Crippen LogP contribution in [0, 0.1) is 17.2 Å². The van der Waals surface area contributed by atoms with Crippen molar-refractivity contribution < 1.29 is 18.3 Å². The molecule has 0 aliphatic carbocycles. The zero-order valence-electron chi connectivity index (χ0n) is 11.0. The molecule has 0 amide bonds. The Labute approximate surface area is 127 Å². The summed E-state index contributed by atoms with van der Waals surface area (Å²) in [4.78, 5) is 10.8. The maximum Gasteiger partial charge on any atom is 0.306 e. The first-order valence-corrected chi connectivity index (χ1v) is 8.10. The predicted octanol–water partition coefficient (Wildman–Crippen LogP) is 1.70. The van der Waals surface area contributed by atoms with Gasteiger partial charge in [-0.1, -0.05) is 11.6 Å². The first-order chi connectivity index (χ1) is 9.86. The van der Waals surface area contributed by atoms with Gasteiger partial charge in [0, 0.05) is 18.1 Å². The summed E-state index contributed by atoms with van der Waals surface area (Å²) in [6.07, 6.45) is 0.522. The molecule has 8 heteroatoms. The number of carboxylic acid groups (broad SMARTS) is 1. The van der Waals surface area contributed by atoms with E-state index in [0.29, 0.717) is 0 Å². The third kappa shape index (κ3) is 3.18. The van der Waals surface area contributed by atoms with Crippen molar-refractivity contribution in [3.8, 4) is 6.07 Å². The van der Waals surface area contributed by atoms with Crippen molar-refractivity contribution in [3.63, 3.8) is 0 Å². The molecule has 0 spiro atoms. The van der Waals surface area contributed by atoms with Crippen molar-refractivity contribution >= 4 is 27.6 Å². The van der Waals surface area contributed by atoms with E-state index in [1.807, 2.05) is 6.07 Å². The van der Waals surface area contributed by atoms with E-state index in [9.17, 15) is 13.2 Å². The summed E-state index contributed by atoms with van der Waals surface area (Å²) in [5.41, 5.74) is 0.0276. The minimum Gasteiger partial charge on any atom is -0.481 e. The van der Waals surface area contributed by atoms with Gasteiger partial charge in [0.2, 0.25) is 10.0 Å². The number of halogens is 1. The second-order valence-electron chi connectivity index (χ2n) is 4.77. The molecule has 0 saturated carbocycles. The Kier molecular flexibility index (Phi) is 4.52. The number of carbonyl (C=O) groups is 1. The molecule has 0 atom stereocenters.